The van der Waals surface area contributed by atoms with E-state index in [0.29, 0.717) is 24.8 Å². The van der Waals surface area contributed by atoms with Crippen LogP contribution in [0, 0.1) is 0 Å². The van der Waals surface area contributed by atoms with E-state index in [1.165, 1.54) is 12.1 Å². The number of aliphatic carboxylic acids is 1. The maximum atomic E-state index is 12.1. The van der Waals surface area contributed by atoms with Crippen LogP contribution in [0.2, 0.25) is 0 Å². The molecule has 7 heteroatoms. The largest absolute Gasteiger partial charge is 0.481 e. The molecule has 0 radical (unpaired) electrons. The first-order valence-electron chi connectivity index (χ1n) is 6.83. The fraction of sp³-hybridized carbons (Fsp3) is 0.500. The topological polar surface area (TPSA) is 104 Å². The summed E-state index contributed by atoms with van der Waals surface area (Å²) >= 11 is 0. The van der Waals surface area contributed by atoms with Gasteiger partial charge in [0.15, 0.2) is 0 Å². The van der Waals surface area contributed by atoms with Gasteiger partial charge in [-0.25, -0.2) is 13.1 Å². The molecule has 1 fully saturated rings. The minimum absolute atomic E-state index is 0.0688. The van der Waals surface area contributed by atoms with Gasteiger partial charge in [-0.1, -0.05) is 19.1 Å². The first-order chi connectivity index (χ1) is 9.85. The monoisotopic (exact) mass is 313 g/mol. The van der Waals surface area contributed by atoms with Crippen molar-refractivity contribution < 1.29 is 23.4 Å². The van der Waals surface area contributed by atoms with E-state index in [0.717, 1.165) is 0 Å². The maximum Gasteiger partial charge on any atom is 0.314 e. The fourth-order valence-electron chi connectivity index (χ4n) is 2.24. The van der Waals surface area contributed by atoms with E-state index in [2.05, 4.69) is 4.72 Å². The molecule has 0 unspecified atom stereocenters. The molecule has 21 heavy (non-hydrogen) atoms. The number of aliphatic hydroxyl groups is 1. The van der Waals surface area contributed by atoms with Gasteiger partial charge in [0.25, 0.3) is 0 Å². The molecule has 1 aromatic rings. The second-order valence-corrected chi connectivity index (χ2v) is 7.03. The number of carboxylic acids is 1. The molecule has 1 aromatic carbocycles. The quantitative estimate of drug-likeness (QED) is 0.692. The van der Waals surface area contributed by atoms with Crippen LogP contribution in [0.3, 0.4) is 0 Å². The van der Waals surface area contributed by atoms with E-state index in [9.17, 15) is 18.3 Å². The van der Waals surface area contributed by atoms with Crippen molar-refractivity contribution >= 4 is 16.0 Å². The summed E-state index contributed by atoms with van der Waals surface area (Å²) in [5.41, 5.74) is -0.213. The summed E-state index contributed by atoms with van der Waals surface area (Å²) < 4.78 is 26.7. The van der Waals surface area contributed by atoms with E-state index in [4.69, 9.17) is 5.11 Å². The van der Waals surface area contributed by atoms with Gasteiger partial charge in [-0.05, 0) is 37.0 Å². The molecule has 1 aliphatic carbocycles. The minimum Gasteiger partial charge on any atom is -0.481 e. The highest BCUT2D eigenvalue weighted by Crippen LogP contribution is 2.48. The van der Waals surface area contributed by atoms with Gasteiger partial charge in [0, 0.05) is 6.04 Å². The first kappa shape index (κ1) is 15.9. The van der Waals surface area contributed by atoms with E-state index in [1.54, 1.807) is 19.1 Å². The molecule has 0 aliphatic heterocycles. The Labute approximate surface area is 123 Å². The van der Waals surface area contributed by atoms with Crippen molar-refractivity contribution in [1.82, 2.24) is 4.72 Å². The van der Waals surface area contributed by atoms with Crippen molar-refractivity contribution in [3.8, 4) is 0 Å². The van der Waals surface area contributed by atoms with Crippen molar-refractivity contribution in [3.05, 3.63) is 29.8 Å². The molecule has 0 spiro atoms. The van der Waals surface area contributed by atoms with Crippen molar-refractivity contribution in [3.63, 3.8) is 0 Å². The highest BCUT2D eigenvalue weighted by atomic mass is 32.2. The van der Waals surface area contributed by atoms with Crippen molar-refractivity contribution in [2.24, 2.45) is 0 Å². The lowest BCUT2D eigenvalue weighted by Gasteiger charge is -2.15. The molecule has 1 saturated carbocycles. The fourth-order valence-corrected chi connectivity index (χ4v) is 3.55. The molecule has 1 aliphatic rings. The number of hydrogen-bond donors (Lipinski definition) is 3. The zero-order valence-electron chi connectivity index (χ0n) is 11.7. The molecule has 6 nitrogen and oxygen atoms in total. The molecule has 0 aromatic heterocycles. The van der Waals surface area contributed by atoms with Crippen LogP contribution in [0.1, 0.15) is 31.7 Å². The lowest BCUT2D eigenvalue weighted by atomic mass is 9.96. The summed E-state index contributed by atoms with van der Waals surface area (Å²) in [7, 11) is -3.70. The Kier molecular flexibility index (Phi) is 4.36. The molecule has 0 heterocycles. The predicted octanol–water partition coefficient (Wildman–Crippen LogP) is 0.852. The number of carboxylic acid groups (broad SMARTS) is 1. The number of benzene rings is 1. The van der Waals surface area contributed by atoms with Crippen LogP contribution in [0.4, 0.5) is 0 Å². The highest BCUT2D eigenvalue weighted by Gasteiger charge is 2.51. The molecule has 0 saturated heterocycles. The molecular weight excluding hydrogens is 294 g/mol. The van der Waals surface area contributed by atoms with E-state index in [-0.39, 0.29) is 11.5 Å². The smallest absolute Gasteiger partial charge is 0.314 e. The van der Waals surface area contributed by atoms with Crippen LogP contribution in [-0.4, -0.2) is 37.2 Å². The third-order valence-electron chi connectivity index (χ3n) is 3.91. The molecule has 0 amide bonds. The number of rotatable bonds is 7. The first-order valence-corrected chi connectivity index (χ1v) is 8.31. The van der Waals surface area contributed by atoms with Crippen molar-refractivity contribution in [2.45, 2.75) is 42.5 Å². The molecular formula is C14H19NO5S. The Hall–Kier alpha value is -1.44. The highest BCUT2D eigenvalue weighted by molar-refractivity contribution is 7.89. The van der Waals surface area contributed by atoms with Gasteiger partial charge >= 0.3 is 5.97 Å². The summed E-state index contributed by atoms with van der Waals surface area (Å²) in [5.74, 6) is -0.873. The zero-order valence-corrected chi connectivity index (χ0v) is 12.6. The predicted molar refractivity (Wildman–Crippen MR) is 76.5 cm³/mol. The summed E-state index contributed by atoms with van der Waals surface area (Å²) in [6.07, 6.45) is 1.64. The molecule has 1 atom stereocenters. The van der Waals surface area contributed by atoms with Crippen LogP contribution >= 0.6 is 0 Å². The third kappa shape index (κ3) is 3.09. The third-order valence-corrected chi connectivity index (χ3v) is 5.45. The summed E-state index contributed by atoms with van der Waals surface area (Å²) in [4.78, 5) is 11.3. The number of aliphatic hydroxyl groups excluding tert-OH is 1. The molecule has 0 bridgehead atoms. The Morgan fingerprint density at radius 3 is 2.29 bits per heavy atom. The SMILES string of the molecule is CC[C@H](CO)NS(=O)(=O)c1ccc(C2(C(=O)O)CC2)cc1. The van der Waals surface area contributed by atoms with Gasteiger partial charge in [0.2, 0.25) is 10.0 Å². The van der Waals surface area contributed by atoms with E-state index >= 15 is 0 Å². The Bertz CT molecular complexity index is 615. The lowest BCUT2D eigenvalue weighted by molar-refractivity contribution is -0.140. The molecule has 3 N–H and O–H groups in total. The molecule has 116 valence electrons. The van der Waals surface area contributed by atoms with Gasteiger partial charge < -0.3 is 10.2 Å². The number of nitrogens with one attached hydrogen (secondary N) is 1. The average Bonchev–Trinajstić information content (AvgIpc) is 3.26. The van der Waals surface area contributed by atoms with Gasteiger partial charge in [-0.3, -0.25) is 4.79 Å². The summed E-state index contributed by atoms with van der Waals surface area (Å²) in [6, 6.07) is 5.39. The molecule has 2 rings (SSSR count). The average molecular weight is 313 g/mol. The van der Waals surface area contributed by atoms with Crippen LogP contribution in [0.15, 0.2) is 29.2 Å². The van der Waals surface area contributed by atoms with Crippen LogP contribution in [0.5, 0.6) is 0 Å². The number of carbonyl (C=O) groups is 1. The van der Waals surface area contributed by atoms with Crippen LogP contribution in [0.25, 0.3) is 0 Å². The standard InChI is InChI=1S/C14H19NO5S/c1-2-11(9-16)15-21(19,20)12-5-3-10(4-6-12)14(7-8-14)13(17)18/h3-6,11,15-16H,2,7-9H2,1H3,(H,17,18)/t11-/m1/s1. The second kappa shape index (κ2) is 5.75. The van der Waals surface area contributed by atoms with Crippen molar-refractivity contribution in [2.75, 3.05) is 6.61 Å². The van der Waals surface area contributed by atoms with Gasteiger partial charge in [-0.15, -0.1) is 0 Å². The van der Waals surface area contributed by atoms with E-state index in [1.807, 2.05) is 0 Å². The normalized spacial score (nSPS) is 18.2. The van der Waals surface area contributed by atoms with Gasteiger partial charge in [0.05, 0.1) is 16.9 Å². The Morgan fingerprint density at radius 2 is 1.90 bits per heavy atom. The zero-order chi connectivity index (χ0) is 15.7. The van der Waals surface area contributed by atoms with E-state index < -0.39 is 27.4 Å². The van der Waals surface area contributed by atoms with Gasteiger partial charge in [-0.2, -0.15) is 0 Å². The maximum absolute atomic E-state index is 12.1. The van der Waals surface area contributed by atoms with Crippen LogP contribution < -0.4 is 4.72 Å². The Balaban J connectivity index is 2.21. The number of sulfonamides is 1. The minimum atomic E-state index is -3.70. The lowest BCUT2D eigenvalue weighted by Crippen LogP contribution is -2.36. The Morgan fingerprint density at radius 1 is 1.33 bits per heavy atom. The van der Waals surface area contributed by atoms with Crippen LogP contribution in [-0.2, 0) is 20.2 Å². The second-order valence-electron chi connectivity index (χ2n) is 5.32. The summed E-state index contributed by atoms with van der Waals surface area (Å²) in [5, 5.41) is 18.3. The van der Waals surface area contributed by atoms with Gasteiger partial charge in [0.1, 0.15) is 0 Å². The summed E-state index contributed by atoms with van der Waals surface area (Å²) in [6.45, 7) is 1.51. The van der Waals surface area contributed by atoms with Crippen molar-refractivity contribution in [1.29, 1.82) is 0 Å². The number of hydrogen-bond acceptors (Lipinski definition) is 4.